The van der Waals surface area contributed by atoms with Crippen molar-refractivity contribution in [1.29, 1.82) is 0 Å². The Morgan fingerprint density at radius 2 is 2.37 bits per heavy atom. The van der Waals surface area contributed by atoms with Crippen LogP contribution in [-0.2, 0) is 11.3 Å². The summed E-state index contributed by atoms with van der Waals surface area (Å²) < 4.78 is 1.68. The maximum atomic E-state index is 12.2. The van der Waals surface area contributed by atoms with Crippen molar-refractivity contribution in [2.75, 3.05) is 20.1 Å². The molecule has 5 nitrogen and oxygen atoms in total. The second-order valence-electron chi connectivity index (χ2n) is 5.01. The molecule has 1 aromatic rings. The number of likely N-dealkylation sites (N-methyl/N-ethyl adjacent to an activating group) is 1. The molecule has 1 amide bonds. The number of hydrogen-bond donors (Lipinski definition) is 1. The number of amides is 1. The van der Waals surface area contributed by atoms with Crippen LogP contribution in [-0.4, -0.2) is 41.6 Å². The van der Waals surface area contributed by atoms with Crippen LogP contribution in [0.2, 0.25) is 0 Å². The number of piperidine rings is 1. The van der Waals surface area contributed by atoms with Crippen molar-refractivity contribution in [1.82, 2.24) is 14.8 Å². The van der Waals surface area contributed by atoms with Gasteiger partial charge in [-0.25, -0.2) is 0 Å². The molecular weight excluding hydrogens is 262 g/mol. The second kappa shape index (κ2) is 6.34. The Bertz CT molecular complexity index is 494. The molecule has 1 aliphatic heterocycles. The second-order valence-corrected chi connectivity index (χ2v) is 5.83. The molecule has 106 valence electrons. The van der Waals surface area contributed by atoms with E-state index in [9.17, 15) is 9.59 Å². The van der Waals surface area contributed by atoms with Crippen LogP contribution in [0.3, 0.4) is 0 Å². The normalized spacial score (nSPS) is 19.7. The Kier molecular flexibility index (Phi) is 4.76. The third-order valence-corrected chi connectivity index (χ3v) is 4.59. The van der Waals surface area contributed by atoms with Crippen molar-refractivity contribution in [3.8, 4) is 0 Å². The van der Waals surface area contributed by atoms with Crippen molar-refractivity contribution in [3.63, 3.8) is 0 Å². The van der Waals surface area contributed by atoms with Crippen molar-refractivity contribution in [3.05, 3.63) is 20.7 Å². The van der Waals surface area contributed by atoms with Gasteiger partial charge in [0.05, 0.1) is 0 Å². The number of likely N-dealkylation sites (tertiary alicyclic amines) is 1. The van der Waals surface area contributed by atoms with E-state index in [0.717, 1.165) is 31.6 Å². The van der Waals surface area contributed by atoms with E-state index in [-0.39, 0.29) is 10.8 Å². The first kappa shape index (κ1) is 14.3. The van der Waals surface area contributed by atoms with Crippen molar-refractivity contribution < 1.29 is 4.79 Å². The molecule has 1 atom stereocenters. The Balaban J connectivity index is 1.89. The lowest BCUT2D eigenvalue weighted by atomic mass is 10.1. The zero-order valence-corrected chi connectivity index (χ0v) is 12.3. The Hall–Kier alpha value is -1.14. The number of thiazole rings is 1. The molecule has 0 saturated carbocycles. The molecule has 1 N–H and O–H groups in total. The van der Waals surface area contributed by atoms with Gasteiger partial charge in [0, 0.05) is 43.2 Å². The fourth-order valence-electron chi connectivity index (χ4n) is 2.48. The van der Waals surface area contributed by atoms with Gasteiger partial charge in [-0.15, -0.1) is 0 Å². The summed E-state index contributed by atoms with van der Waals surface area (Å²) in [5.41, 5.74) is 0.939. The third kappa shape index (κ3) is 3.45. The van der Waals surface area contributed by atoms with E-state index in [4.69, 9.17) is 0 Å². The fourth-order valence-corrected chi connectivity index (χ4v) is 3.24. The van der Waals surface area contributed by atoms with Gasteiger partial charge in [-0.1, -0.05) is 11.3 Å². The molecule has 2 rings (SSSR count). The van der Waals surface area contributed by atoms with Crippen LogP contribution >= 0.6 is 11.3 Å². The number of hydrogen-bond acceptors (Lipinski definition) is 4. The van der Waals surface area contributed by atoms with Gasteiger partial charge in [-0.3, -0.25) is 9.59 Å². The van der Waals surface area contributed by atoms with E-state index in [1.165, 1.54) is 11.3 Å². The molecule has 1 aromatic heterocycles. The van der Waals surface area contributed by atoms with E-state index in [1.807, 2.05) is 24.3 Å². The topological polar surface area (TPSA) is 54.3 Å². The Morgan fingerprint density at radius 3 is 3.00 bits per heavy atom. The van der Waals surface area contributed by atoms with Gasteiger partial charge in [0.15, 0.2) is 0 Å². The highest BCUT2D eigenvalue weighted by Crippen LogP contribution is 2.11. The molecule has 1 saturated heterocycles. The van der Waals surface area contributed by atoms with Crippen LogP contribution in [0.5, 0.6) is 0 Å². The lowest BCUT2D eigenvalue weighted by Gasteiger charge is -2.32. The van der Waals surface area contributed by atoms with E-state index < -0.39 is 0 Å². The molecule has 0 radical (unpaired) electrons. The van der Waals surface area contributed by atoms with Crippen LogP contribution in [0.4, 0.5) is 0 Å². The molecule has 1 unspecified atom stereocenters. The standard InChI is InChI=1S/C13H21N3O2S/c1-10-9-19-13(18)16(10)7-5-12(17)15-6-3-4-11(8-15)14-2/h9,11,14H,3-8H2,1-2H3. The molecule has 0 bridgehead atoms. The minimum Gasteiger partial charge on any atom is -0.341 e. The lowest BCUT2D eigenvalue weighted by molar-refractivity contribution is -0.132. The molecule has 2 heterocycles. The van der Waals surface area contributed by atoms with Gasteiger partial charge < -0.3 is 14.8 Å². The minimum absolute atomic E-state index is 0.0250. The average Bonchev–Trinajstić information content (AvgIpc) is 2.75. The van der Waals surface area contributed by atoms with E-state index in [0.29, 0.717) is 19.0 Å². The van der Waals surface area contributed by atoms with Crippen LogP contribution in [0.25, 0.3) is 0 Å². The molecule has 0 aromatic carbocycles. The largest absolute Gasteiger partial charge is 0.341 e. The van der Waals surface area contributed by atoms with Crippen LogP contribution in [0.1, 0.15) is 25.0 Å². The van der Waals surface area contributed by atoms with Gasteiger partial charge in [0.2, 0.25) is 5.91 Å². The predicted octanol–water partition coefficient (Wildman–Crippen LogP) is 0.819. The summed E-state index contributed by atoms with van der Waals surface area (Å²) in [5.74, 6) is 0.150. The summed E-state index contributed by atoms with van der Waals surface area (Å²) in [5, 5.41) is 5.07. The number of rotatable bonds is 4. The Morgan fingerprint density at radius 1 is 1.58 bits per heavy atom. The van der Waals surface area contributed by atoms with Crippen molar-refractivity contribution in [2.45, 2.75) is 38.8 Å². The highest BCUT2D eigenvalue weighted by Gasteiger charge is 2.22. The first-order valence-corrected chi connectivity index (χ1v) is 7.59. The number of carbonyl (C=O) groups excluding carboxylic acids is 1. The number of aromatic nitrogens is 1. The summed E-state index contributed by atoms with van der Waals surface area (Å²) in [6.45, 7) is 4.02. The summed E-state index contributed by atoms with van der Waals surface area (Å²) in [4.78, 5) is 25.7. The average molecular weight is 283 g/mol. The number of carbonyl (C=O) groups is 1. The van der Waals surface area contributed by atoms with Crippen molar-refractivity contribution in [2.24, 2.45) is 0 Å². The first-order valence-electron chi connectivity index (χ1n) is 6.71. The van der Waals surface area contributed by atoms with Gasteiger partial charge in [-0.05, 0) is 26.8 Å². The molecule has 1 aliphatic rings. The zero-order valence-electron chi connectivity index (χ0n) is 11.5. The highest BCUT2D eigenvalue weighted by atomic mass is 32.1. The summed E-state index contributed by atoms with van der Waals surface area (Å²) in [6.07, 6.45) is 2.59. The van der Waals surface area contributed by atoms with Crippen LogP contribution in [0, 0.1) is 6.92 Å². The smallest absolute Gasteiger partial charge is 0.307 e. The number of aryl methyl sites for hydroxylation is 1. The monoisotopic (exact) mass is 283 g/mol. The van der Waals surface area contributed by atoms with E-state index in [2.05, 4.69) is 5.32 Å². The number of nitrogens with one attached hydrogen (secondary N) is 1. The van der Waals surface area contributed by atoms with Gasteiger partial charge in [-0.2, -0.15) is 0 Å². The van der Waals surface area contributed by atoms with E-state index in [1.54, 1.807) is 4.57 Å². The number of nitrogens with zero attached hydrogens (tertiary/aromatic N) is 2. The van der Waals surface area contributed by atoms with Gasteiger partial charge in [0.1, 0.15) is 0 Å². The lowest BCUT2D eigenvalue weighted by Crippen LogP contribution is -2.47. The molecular formula is C13H21N3O2S. The van der Waals surface area contributed by atoms with Crippen LogP contribution in [0.15, 0.2) is 10.2 Å². The van der Waals surface area contributed by atoms with E-state index >= 15 is 0 Å². The summed E-state index contributed by atoms with van der Waals surface area (Å²) >= 11 is 1.19. The van der Waals surface area contributed by atoms with Crippen molar-refractivity contribution >= 4 is 17.2 Å². The molecule has 6 heteroatoms. The maximum Gasteiger partial charge on any atom is 0.307 e. The first-order chi connectivity index (χ1) is 9.11. The Labute approximate surface area is 117 Å². The summed E-state index contributed by atoms with van der Waals surface area (Å²) in [7, 11) is 1.94. The highest BCUT2D eigenvalue weighted by molar-refractivity contribution is 7.07. The minimum atomic E-state index is 0.0250. The molecule has 19 heavy (non-hydrogen) atoms. The SMILES string of the molecule is CNC1CCCN(C(=O)CCn2c(C)csc2=O)C1. The summed E-state index contributed by atoms with van der Waals surface area (Å²) in [6, 6.07) is 0.406. The fraction of sp³-hybridized carbons (Fsp3) is 0.692. The van der Waals surface area contributed by atoms with Crippen LogP contribution < -0.4 is 10.2 Å². The molecule has 1 fully saturated rings. The van der Waals surface area contributed by atoms with Gasteiger partial charge >= 0.3 is 4.87 Å². The maximum absolute atomic E-state index is 12.2. The molecule has 0 spiro atoms. The third-order valence-electron chi connectivity index (χ3n) is 3.71. The predicted molar refractivity (Wildman–Crippen MR) is 76.6 cm³/mol. The zero-order chi connectivity index (χ0) is 13.8. The quantitative estimate of drug-likeness (QED) is 0.890. The van der Waals surface area contributed by atoms with Gasteiger partial charge in [0.25, 0.3) is 0 Å². The molecule has 0 aliphatic carbocycles.